The average Bonchev–Trinajstić information content (AvgIpc) is 3.19. The van der Waals surface area contributed by atoms with Gasteiger partial charge in [0.2, 0.25) is 17.7 Å². The molecule has 0 aromatic heterocycles. The molecule has 5 atom stereocenters. The monoisotopic (exact) mass is 507 g/mol. The molecule has 0 radical (unpaired) electrons. The van der Waals surface area contributed by atoms with Crippen LogP contribution in [0.3, 0.4) is 0 Å². The Bertz CT molecular complexity index is 1100. The van der Waals surface area contributed by atoms with Crippen LogP contribution >= 0.6 is 0 Å². The van der Waals surface area contributed by atoms with Gasteiger partial charge < -0.3 is 24.5 Å². The minimum Gasteiger partial charge on any atom is -0.395 e. The molecule has 198 valence electrons. The second-order valence-electron chi connectivity index (χ2n) is 10.5. The number of hydrogen-bond donors (Lipinski definition) is 1. The fraction of sp³-hybridized carbons (Fsp3) is 0.552. The number of nitrogens with zero attached hydrogens (tertiary/aromatic N) is 3. The molecular formula is C29H37N3O5. The molecule has 4 heterocycles. The van der Waals surface area contributed by atoms with Gasteiger partial charge in [0.05, 0.1) is 24.0 Å². The van der Waals surface area contributed by atoms with Gasteiger partial charge in [0.1, 0.15) is 11.6 Å². The number of carbonyl (C=O) groups is 3. The van der Waals surface area contributed by atoms with Crippen LogP contribution in [0.15, 0.2) is 54.6 Å². The number of ether oxygens (including phenoxy) is 1. The fourth-order valence-corrected chi connectivity index (χ4v) is 6.70. The first-order valence-corrected chi connectivity index (χ1v) is 13.5. The summed E-state index contributed by atoms with van der Waals surface area (Å²) >= 11 is 0. The minimum absolute atomic E-state index is 0.0237. The molecule has 4 aliphatic rings. The number of rotatable bonds is 8. The molecule has 1 spiro atoms. The predicted octanol–water partition coefficient (Wildman–Crippen LogP) is 2.14. The standard InChI is InChI=1S/C29H37N3O5/c1-3-5-15-30-16-10-14-29-23(26(35)32(18-19-33)24(29)27(30)36)22-25(34)31(20-21-11-7-6-8-12-21)17-9-13-28(22,4-2)37-29/h6-14,22-24,33H,3-5,15-20H2,1-2H3/t22-,23+,24?,28+,29+/m1/s1. The third kappa shape index (κ3) is 4.01. The lowest BCUT2D eigenvalue weighted by Gasteiger charge is -2.38. The van der Waals surface area contributed by atoms with E-state index in [1.165, 1.54) is 4.90 Å². The minimum atomic E-state index is -1.26. The first-order chi connectivity index (χ1) is 17.9. The van der Waals surface area contributed by atoms with Crippen LogP contribution in [0, 0.1) is 11.8 Å². The first kappa shape index (κ1) is 25.7. The molecule has 5 rings (SSSR count). The number of carbonyl (C=O) groups excluding carboxylic acids is 3. The maximum atomic E-state index is 14.3. The third-order valence-corrected chi connectivity index (χ3v) is 8.45. The molecule has 2 fully saturated rings. The summed E-state index contributed by atoms with van der Waals surface area (Å²) in [5.41, 5.74) is -1.24. The van der Waals surface area contributed by atoms with E-state index in [9.17, 15) is 19.5 Å². The SMILES string of the molecule is CCCCN1CC=C[C@]23O[C@@]4(CC)C=CCN(Cc5ccccc5)C(=O)[C@H]4[C@H]2C(=O)N(CCO)C3C1=O. The number of benzene rings is 1. The van der Waals surface area contributed by atoms with Crippen LogP contribution < -0.4 is 0 Å². The first-order valence-electron chi connectivity index (χ1n) is 13.5. The summed E-state index contributed by atoms with van der Waals surface area (Å²) in [5, 5.41) is 9.83. The maximum absolute atomic E-state index is 14.3. The van der Waals surface area contributed by atoms with Gasteiger partial charge in [-0.15, -0.1) is 0 Å². The van der Waals surface area contributed by atoms with Gasteiger partial charge in [-0.1, -0.05) is 74.9 Å². The van der Waals surface area contributed by atoms with Crippen LogP contribution in [0.2, 0.25) is 0 Å². The Morgan fingerprint density at radius 3 is 2.35 bits per heavy atom. The van der Waals surface area contributed by atoms with Gasteiger partial charge in [0.25, 0.3) is 0 Å². The highest BCUT2D eigenvalue weighted by atomic mass is 16.5. The molecule has 8 nitrogen and oxygen atoms in total. The van der Waals surface area contributed by atoms with Gasteiger partial charge in [-0.25, -0.2) is 0 Å². The van der Waals surface area contributed by atoms with Gasteiger partial charge in [-0.2, -0.15) is 0 Å². The molecule has 2 saturated heterocycles. The number of aliphatic hydroxyl groups excluding tert-OH is 1. The number of amides is 3. The number of unbranched alkanes of at least 4 members (excludes halogenated alkanes) is 1. The lowest BCUT2D eigenvalue weighted by molar-refractivity contribution is -0.154. The average molecular weight is 508 g/mol. The Kier molecular flexibility index (Phi) is 6.98. The maximum Gasteiger partial charge on any atom is 0.249 e. The Morgan fingerprint density at radius 1 is 0.919 bits per heavy atom. The predicted molar refractivity (Wildman–Crippen MR) is 138 cm³/mol. The lowest BCUT2D eigenvalue weighted by Crippen LogP contribution is -2.56. The molecule has 4 aliphatic heterocycles. The van der Waals surface area contributed by atoms with Crippen molar-refractivity contribution in [2.45, 2.75) is 56.9 Å². The quantitative estimate of drug-likeness (QED) is 0.545. The van der Waals surface area contributed by atoms with Crippen molar-refractivity contribution in [3.8, 4) is 0 Å². The Hall–Kier alpha value is -2.97. The van der Waals surface area contributed by atoms with Crippen LogP contribution in [-0.2, 0) is 25.7 Å². The second-order valence-corrected chi connectivity index (χ2v) is 10.5. The van der Waals surface area contributed by atoms with Crippen molar-refractivity contribution < 1.29 is 24.2 Å². The Labute approximate surface area is 218 Å². The molecule has 1 aromatic rings. The van der Waals surface area contributed by atoms with Gasteiger partial charge >= 0.3 is 0 Å². The molecule has 1 aromatic carbocycles. The summed E-state index contributed by atoms with van der Waals surface area (Å²) in [6, 6.07) is 8.89. The number of likely N-dealkylation sites (tertiary alicyclic amines) is 1. The largest absolute Gasteiger partial charge is 0.395 e. The van der Waals surface area contributed by atoms with E-state index < -0.39 is 29.1 Å². The molecule has 8 heteroatoms. The van der Waals surface area contributed by atoms with Crippen molar-refractivity contribution >= 4 is 17.7 Å². The summed E-state index contributed by atoms with van der Waals surface area (Å²) in [6.07, 6.45) is 10.00. The molecule has 0 bridgehead atoms. The van der Waals surface area contributed by atoms with E-state index in [1.54, 1.807) is 9.80 Å². The highest BCUT2D eigenvalue weighted by Gasteiger charge is 2.75. The summed E-state index contributed by atoms with van der Waals surface area (Å²) in [4.78, 5) is 47.3. The van der Waals surface area contributed by atoms with Crippen LogP contribution in [0.5, 0.6) is 0 Å². The van der Waals surface area contributed by atoms with E-state index in [2.05, 4.69) is 6.92 Å². The molecule has 0 saturated carbocycles. The van der Waals surface area contributed by atoms with Crippen molar-refractivity contribution in [3.05, 3.63) is 60.2 Å². The van der Waals surface area contributed by atoms with E-state index >= 15 is 0 Å². The number of hydrogen-bond acceptors (Lipinski definition) is 5. The van der Waals surface area contributed by atoms with Crippen molar-refractivity contribution in [1.82, 2.24) is 14.7 Å². The highest BCUT2D eigenvalue weighted by molar-refractivity contribution is 6.00. The van der Waals surface area contributed by atoms with Gasteiger partial charge in [-0.05, 0) is 18.4 Å². The molecule has 37 heavy (non-hydrogen) atoms. The zero-order chi connectivity index (χ0) is 26.2. The third-order valence-electron chi connectivity index (χ3n) is 8.45. The number of β-amino-alcohol motifs (C(OH)–C–C–N with tert-alkyl or cyclic N) is 1. The lowest BCUT2D eigenvalue weighted by atomic mass is 9.73. The van der Waals surface area contributed by atoms with Gasteiger partial charge in [-0.3, -0.25) is 14.4 Å². The Balaban J connectivity index is 1.58. The smallest absolute Gasteiger partial charge is 0.249 e. The molecule has 0 aliphatic carbocycles. The van der Waals surface area contributed by atoms with E-state index in [-0.39, 0.29) is 30.9 Å². The second kappa shape index (κ2) is 10.1. The van der Waals surface area contributed by atoms with Crippen LogP contribution in [-0.4, -0.2) is 87.6 Å². The van der Waals surface area contributed by atoms with Gasteiger partial charge in [0, 0.05) is 32.7 Å². The van der Waals surface area contributed by atoms with Crippen LogP contribution in [0.1, 0.15) is 38.7 Å². The van der Waals surface area contributed by atoms with E-state index in [0.29, 0.717) is 32.6 Å². The number of fused-ring (bicyclic) bond motifs is 2. The van der Waals surface area contributed by atoms with Crippen LogP contribution in [0.4, 0.5) is 0 Å². The zero-order valence-corrected chi connectivity index (χ0v) is 21.7. The van der Waals surface area contributed by atoms with Crippen molar-refractivity contribution in [3.63, 3.8) is 0 Å². The summed E-state index contributed by atoms with van der Waals surface area (Å²) in [6.45, 7) is 5.67. The summed E-state index contributed by atoms with van der Waals surface area (Å²) in [5.74, 6) is -2.22. The normalized spacial score (nSPS) is 32.9. The van der Waals surface area contributed by atoms with Crippen molar-refractivity contribution in [2.24, 2.45) is 11.8 Å². The van der Waals surface area contributed by atoms with E-state index in [4.69, 9.17) is 4.74 Å². The summed E-state index contributed by atoms with van der Waals surface area (Å²) < 4.78 is 6.90. The van der Waals surface area contributed by atoms with Crippen molar-refractivity contribution in [1.29, 1.82) is 0 Å². The molecule has 1 N–H and O–H groups in total. The van der Waals surface area contributed by atoms with Gasteiger partial charge in [0.15, 0.2) is 0 Å². The fourth-order valence-electron chi connectivity index (χ4n) is 6.70. The summed E-state index contributed by atoms with van der Waals surface area (Å²) in [7, 11) is 0. The topological polar surface area (TPSA) is 90.4 Å². The van der Waals surface area contributed by atoms with E-state index in [1.807, 2.05) is 61.6 Å². The van der Waals surface area contributed by atoms with Crippen LogP contribution in [0.25, 0.3) is 0 Å². The zero-order valence-electron chi connectivity index (χ0n) is 21.7. The highest BCUT2D eigenvalue weighted by Crippen LogP contribution is 2.58. The number of aliphatic hydroxyl groups is 1. The molecular weight excluding hydrogens is 470 g/mol. The molecule has 3 amide bonds. The van der Waals surface area contributed by atoms with Crippen molar-refractivity contribution in [2.75, 3.05) is 32.8 Å². The van der Waals surface area contributed by atoms with E-state index in [0.717, 1.165) is 18.4 Å². The Morgan fingerprint density at radius 2 is 1.65 bits per heavy atom. The molecule has 1 unspecified atom stereocenters.